The van der Waals surface area contributed by atoms with E-state index in [0.29, 0.717) is 38.3 Å². The third kappa shape index (κ3) is 5.67. The first-order chi connectivity index (χ1) is 17.9. The number of hydrogen-bond donors (Lipinski definition) is 3. The maximum absolute atomic E-state index is 12.6. The molecule has 0 fully saturated rings. The summed E-state index contributed by atoms with van der Waals surface area (Å²) in [7, 11) is 0. The van der Waals surface area contributed by atoms with E-state index in [1.165, 1.54) is 6.07 Å². The zero-order valence-electron chi connectivity index (χ0n) is 18.9. The number of benzene rings is 3. The first-order valence-electron chi connectivity index (χ1n) is 10.9. The van der Waals surface area contributed by atoms with Gasteiger partial charge in [-0.1, -0.05) is 47.5 Å². The number of furan rings is 2. The molecular formula is C27H17Cl2N3O4S. The molecule has 2 amide bonds. The monoisotopic (exact) mass is 549 g/mol. The summed E-state index contributed by atoms with van der Waals surface area (Å²) in [4.78, 5) is 25.2. The number of para-hydroxylation sites is 1. The lowest BCUT2D eigenvalue weighted by molar-refractivity contribution is 0.0950. The SMILES string of the molecule is O=C(NC(=S)Nc1cccc(NC(=O)c2cc3ccccc3o2)c1)c1ccc(-c2ccc(Cl)cc2Cl)o1. The fourth-order valence-electron chi connectivity index (χ4n) is 3.58. The average Bonchev–Trinajstić information content (AvgIpc) is 3.52. The molecule has 2 heterocycles. The Morgan fingerprint density at radius 1 is 0.730 bits per heavy atom. The first-order valence-corrected chi connectivity index (χ1v) is 12.1. The summed E-state index contributed by atoms with van der Waals surface area (Å²) in [5, 5.41) is 10.1. The molecule has 3 aromatic carbocycles. The highest BCUT2D eigenvalue weighted by Crippen LogP contribution is 2.31. The molecule has 0 aliphatic heterocycles. The van der Waals surface area contributed by atoms with Crippen LogP contribution in [0.5, 0.6) is 0 Å². The highest BCUT2D eigenvalue weighted by molar-refractivity contribution is 7.80. The molecule has 0 aliphatic rings. The van der Waals surface area contributed by atoms with E-state index in [0.717, 1.165) is 5.39 Å². The van der Waals surface area contributed by atoms with Crippen LogP contribution in [0.3, 0.4) is 0 Å². The molecule has 2 aromatic heterocycles. The second-order valence-electron chi connectivity index (χ2n) is 7.88. The molecule has 184 valence electrons. The van der Waals surface area contributed by atoms with Gasteiger partial charge in [0.15, 0.2) is 16.6 Å². The van der Waals surface area contributed by atoms with Gasteiger partial charge in [-0.25, -0.2) is 0 Å². The number of fused-ring (bicyclic) bond motifs is 1. The van der Waals surface area contributed by atoms with Crippen molar-refractivity contribution in [3.63, 3.8) is 0 Å². The van der Waals surface area contributed by atoms with Gasteiger partial charge in [0, 0.05) is 27.3 Å². The van der Waals surface area contributed by atoms with Gasteiger partial charge < -0.3 is 19.5 Å². The van der Waals surface area contributed by atoms with Gasteiger partial charge in [0.2, 0.25) is 0 Å². The van der Waals surface area contributed by atoms with Crippen molar-refractivity contribution in [1.29, 1.82) is 0 Å². The predicted molar refractivity (Wildman–Crippen MR) is 148 cm³/mol. The molecule has 0 saturated heterocycles. The van der Waals surface area contributed by atoms with Crippen molar-refractivity contribution >= 4 is 74.7 Å². The van der Waals surface area contributed by atoms with Crippen LogP contribution in [0, 0.1) is 0 Å². The van der Waals surface area contributed by atoms with Gasteiger partial charge in [0.25, 0.3) is 11.8 Å². The van der Waals surface area contributed by atoms with E-state index in [9.17, 15) is 9.59 Å². The summed E-state index contributed by atoms with van der Waals surface area (Å²) < 4.78 is 11.3. The number of nitrogens with one attached hydrogen (secondary N) is 3. The van der Waals surface area contributed by atoms with E-state index >= 15 is 0 Å². The summed E-state index contributed by atoms with van der Waals surface area (Å²) in [5.74, 6) is -0.266. The summed E-state index contributed by atoms with van der Waals surface area (Å²) in [6, 6.07) is 24.0. The van der Waals surface area contributed by atoms with Crippen molar-refractivity contribution in [2.45, 2.75) is 0 Å². The average molecular weight is 550 g/mol. The van der Waals surface area contributed by atoms with Gasteiger partial charge in [-0.2, -0.15) is 0 Å². The molecule has 0 radical (unpaired) electrons. The van der Waals surface area contributed by atoms with Gasteiger partial charge in [-0.15, -0.1) is 0 Å². The van der Waals surface area contributed by atoms with Crippen LogP contribution < -0.4 is 16.0 Å². The molecule has 0 aliphatic carbocycles. The molecule has 10 heteroatoms. The highest BCUT2D eigenvalue weighted by atomic mass is 35.5. The summed E-state index contributed by atoms with van der Waals surface area (Å²) in [6.45, 7) is 0. The highest BCUT2D eigenvalue weighted by Gasteiger charge is 2.16. The van der Waals surface area contributed by atoms with Crippen molar-refractivity contribution in [3.8, 4) is 11.3 Å². The summed E-state index contributed by atoms with van der Waals surface area (Å²) >= 11 is 17.4. The lowest BCUT2D eigenvalue weighted by Crippen LogP contribution is -2.33. The van der Waals surface area contributed by atoms with E-state index in [2.05, 4.69) is 16.0 Å². The topological polar surface area (TPSA) is 96.5 Å². The van der Waals surface area contributed by atoms with Crippen molar-refractivity contribution in [2.75, 3.05) is 10.6 Å². The molecular weight excluding hydrogens is 533 g/mol. The minimum absolute atomic E-state index is 0.0493. The van der Waals surface area contributed by atoms with Crippen molar-refractivity contribution in [1.82, 2.24) is 5.32 Å². The Kier molecular flexibility index (Phi) is 6.96. The van der Waals surface area contributed by atoms with Crippen LogP contribution >= 0.6 is 35.4 Å². The number of amides is 2. The minimum atomic E-state index is -0.539. The maximum Gasteiger partial charge on any atom is 0.293 e. The number of halogens is 2. The van der Waals surface area contributed by atoms with E-state index < -0.39 is 11.8 Å². The molecule has 37 heavy (non-hydrogen) atoms. The molecule has 0 unspecified atom stereocenters. The summed E-state index contributed by atoms with van der Waals surface area (Å²) in [6.07, 6.45) is 0. The molecule has 0 bridgehead atoms. The second kappa shape index (κ2) is 10.5. The Bertz CT molecular complexity index is 1630. The third-order valence-electron chi connectivity index (χ3n) is 5.28. The van der Waals surface area contributed by atoms with E-state index in [4.69, 9.17) is 44.3 Å². The number of hydrogen-bond acceptors (Lipinski definition) is 5. The number of carbonyl (C=O) groups is 2. The number of rotatable bonds is 5. The summed E-state index contributed by atoms with van der Waals surface area (Å²) in [5.41, 5.74) is 2.30. The van der Waals surface area contributed by atoms with Gasteiger partial charge in [0.05, 0.1) is 5.02 Å². The largest absolute Gasteiger partial charge is 0.451 e. The zero-order valence-corrected chi connectivity index (χ0v) is 21.2. The Morgan fingerprint density at radius 3 is 2.30 bits per heavy atom. The van der Waals surface area contributed by atoms with E-state index in [1.807, 2.05) is 18.2 Å². The van der Waals surface area contributed by atoms with Crippen LogP contribution in [0.1, 0.15) is 21.1 Å². The van der Waals surface area contributed by atoms with Crippen LogP contribution in [-0.4, -0.2) is 16.9 Å². The Labute approximate surface area is 226 Å². The number of carbonyl (C=O) groups excluding carboxylic acids is 2. The van der Waals surface area contributed by atoms with Crippen molar-refractivity contribution in [3.05, 3.63) is 106 Å². The van der Waals surface area contributed by atoms with Gasteiger partial charge >= 0.3 is 0 Å². The lowest BCUT2D eigenvalue weighted by atomic mass is 10.2. The van der Waals surface area contributed by atoms with Crippen LogP contribution in [0.15, 0.2) is 93.8 Å². The fourth-order valence-corrected chi connectivity index (χ4v) is 4.29. The normalized spacial score (nSPS) is 10.8. The van der Waals surface area contributed by atoms with Crippen molar-refractivity contribution in [2.24, 2.45) is 0 Å². The Balaban J connectivity index is 1.21. The van der Waals surface area contributed by atoms with Gasteiger partial charge in [0.1, 0.15) is 11.3 Å². The van der Waals surface area contributed by atoms with Gasteiger partial charge in [-0.05, 0) is 72.9 Å². The molecule has 0 saturated carbocycles. The number of anilines is 2. The van der Waals surface area contributed by atoms with Crippen LogP contribution in [0.25, 0.3) is 22.3 Å². The molecule has 5 rings (SSSR count). The van der Waals surface area contributed by atoms with Crippen LogP contribution in [0.2, 0.25) is 10.0 Å². The third-order valence-corrected chi connectivity index (χ3v) is 6.03. The first kappa shape index (κ1) is 24.6. The Hall–Kier alpha value is -4.11. The van der Waals surface area contributed by atoms with E-state index in [1.54, 1.807) is 60.7 Å². The molecule has 0 atom stereocenters. The quantitative estimate of drug-likeness (QED) is 0.198. The molecule has 0 spiro atoms. The molecule has 5 aromatic rings. The minimum Gasteiger partial charge on any atom is -0.451 e. The molecule has 7 nitrogen and oxygen atoms in total. The maximum atomic E-state index is 12.6. The second-order valence-corrected chi connectivity index (χ2v) is 9.13. The van der Waals surface area contributed by atoms with Crippen molar-refractivity contribution < 1.29 is 18.4 Å². The predicted octanol–water partition coefficient (Wildman–Crippen LogP) is 7.38. The fraction of sp³-hybridized carbons (Fsp3) is 0. The van der Waals surface area contributed by atoms with Gasteiger partial charge in [-0.3, -0.25) is 14.9 Å². The van der Waals surface area contributed by atoms with E-state index in [-0.39, 0.29) is 16.6 Å². The number of thiocarbonyl (C=S) groups is 1. The van der Waals surface area contributed by atoms with Crippen LogP contribution in [-0.2, 0) is 0 Å². The smallest absolute Gasteiger partial charge is 0.293 e. The van der Waals surface area contributed by atoms with Crippen LogP contribution in [0.4, 0.5) is 11.4 Å². The zero-order chi connectivity index (χ0) is 25.9. The Morgan fingerprint density at radius 2 is 1.51 bits per heavy atom. The lowest BCUT2D eigenvalue weighted by Gasteiger charge is -2.10. The molecule has 3 N–H and O–H groups in total. The standard InChI is InChI=1S/C27H17Cl2N3O4S/c28-16-8-9-19(20(29)13-16)22-10-11-23(36-22)25(33)32-27(37)31-18-6-3-5-17(14-18)30-26(34)24-12-15-4-1-2-7-21(15)35-24/h1-14H,(H,30,34)(H2,31,32,33,37).